The Kier molecular flexibility index (Phi) is 4.62. The van der Waals surface area contributed by atoms with Gasteiger partial charge in [-0.15, -0.1) is 0 Å². The van der Waals surface area contributed by atoms with Crippen molar-refractivity contribution in [3.8, 4) is 11.5 Å². The van der Waals surface area contributed by atoms with Crippen LogP contribution in [0.5, 0.6) is 11.5 Å². The zero-order valence-corrected chi connectivity index (χ0v) is 12.0. The van der Waals surface area contributed by atoms with E-state index < -0.39 is 5.60 Å². The van der Waals surface area contributed by atoms with Gasteiger partial charge in [0, 0.05) is 13.1 Å². The van der Waals surface area contributed by atoms with Gasteiger partial charge in [0.05, 0.1) is 18.8 Å². The lowest BCUT2D eigenvalue weighted by atomic mass is 10.1. The molecule has 1 aromatic rings. The van der Waals surface area contributed by atoms with Crippen LogP contribution >= 0.6 is 0 Å². The normalized spacial score (nSPS) is 22.8. The van der Waals surface area contributed by atoms with Crippen molar-refractivity contribution in [2.75, 3.05) is 26.2 Å². The number of carbonyl (C=O) groups is 1. The third-order valence-corrected chi connectivity index (χ3v) is 3.25. The molecule has 0 aromatic heterocycles. The van der Waals surface area contributed by atoms with Crippen LogP contribution in [0, 0.1) is 0 Å². The second kappa shape index (κ2) is 6.24. The summed E-state index contributed by atoms with van der Waals surface area (Å²) in [6.45, 7) is 5.72. The largest absolute Gasteiger partial charge is 0.494 e. The molecule has 1 unspecified atom stereocenters. The molecule has 1 fully saturated rings. The summed E-state index contributed by atoms with van der Waals surface area (Å²) < 4.78 is 10.6. The van der Waals surface area contributed by atoms with Gasteiger partial charge < -0.3 is 14.6 Å². The van der Waals surface area contributed by atoms with Crippen molar-refractivity contribution in [1.29, 1.82) is 0 Å². The van der Waals surface area contributed by atoms with Gasteiger partial charge in [0.25, 0.3) is 0 Å². The van der Waals surface area contributed by atoms with Crippen molar-refractivity contribution < 1.29 is 19.4 Å². The zero-order chi connectivity index (χ0) is 14.6. The average Bonchev–Trinajstić information content (AvgIpc) is 2.71. The quantitative estimate of drug-likeness (QED) is 0.653. The molecular weight excluding hydrogens is 258 g/mol. The molecule has 110 valence electrons. The number of aliphatic hydroxyl groups is 1. The summed E-state index contributed by atoms with van der Waals surface area (Å²) in [4.78, 5) is 13.7. The third kappa shape index (κ3) is 4.21. The number of ether oxygens (including phenoxy) is 2. The molecule has 0 aliphatic carbocycles. The number of carbonyl (C=O) groups excluding carboxylic acids is 1. The highest BCUT2D eigenvalue weighted by Gasteiger charge is 2.32. The van der Waals surface area contributed by atoms with Crippen LogP contribution < -0.4 is 9.47 Å². The average molecular weight is 279 g/mol. The van der Waals surface area contributed by atoms with Crippen LogP contribution in [-0.4, -0.2) is 47.8 Å². The molecule has 1 heterocycles. The van der Waals surface area contributed by atoms with Gasteiger partial charge in [0.1, 0.15) is 11.5 Å². The van der Waals surface area contributed by atoms with Crippen molar-refractivity contribution >= 4 is 5.97 Å². The van der Waals surface area contributed by atoms with E-state index in [1.54, 1.807) is 31.2 Å². The Morgan fingerprint density at radius 2 is 2.00 bits per heavy atom. The monoisotopic (exact) mass is 279 g/mol. The van der Waals surface area contributed by atoms with Crippen LogP contribution in [0.25, 0.3) is 0 Å². The van der Waals surface area contributed by atoms with Crippen LogP contribution in [0.2, 0.25) is 0 Å². The summed E-state index contributed by atoms with van der Waals surface area (Å²) >= 11 is 0. The molecule has 0 spiro atoms. The zero-order valence-electron chi connectivity index (χ0n) is 12.0. The van der Waals surface area contributed by atoms with Crippen molar-refractivity contribution in [2.45, 2.75) is 25.9 Å². The second-order valence-corrected chi connectivity index (χ2v) is 5.34. The van der Waals surface area contributed by atoms with Crippen molar-refractivity contribution in [2.24, 2.45) is 0 Å². The summed E-state index contributed by atoms with van der Waals surface area (Å²) in [5.41, 5.74) is -0.695. The van der Waals surface area contributed by atoms with E-state index in [-0.39, 0.29) is 12.5 Å². The fourth-order valence-electron chi connectivity index (χ4n) is 2.29. The van der Waals surface area contributed by atoms with Gasteiger partial charge in [-0.25, -0.2) is 0 Å². The molecule has 1 aliphatic rings. The highest BCUT2D eigenvalue weighted by molar-refractivity contribution is 5.74. The fourth-order valence-corrected chi connectivity index (χ4v) is 2.29. The summed E-state index contributed by atoms with van der Waals surface area (Å²) in [5, 5.41) is 9.84. The van der Waals surface area contributed by atoms with E-state index in [4.69, 9.17) is 9.47 Å². The van der Waals surface area contributed by atoms with Crippen molar-refractivity contribution in [1.82, 2.24) is 4.90 Å². The highest BCUT2D eigenvalue weighted by atomic mass is 16.5. The van der Waals surface area contributed by atoms with Crippen LogP contribution in [0.4, 0.5) is 0 Å². The van der Waals surface area contributed by atoms with Crippen molar-refractivity contribution in [3.05, 3.63) is 24.3 Å². The predicted octanol–water partition coefficient (Wildman–Crippen LogP) is 1.45. The van der Waals surface area contributed by atoms with E-state index in [9.17, 15) is 9.90 Å². The molecular formula is C15H21NO4. The molecule has 20 heavy (non-hydrogen) atoms. The molecule has 5 nitrogen and oxygen atoms in total. The molecule has 0 saturated carbocycles. The molecule has 1 aromatic carbocycles. The predicted molar refractivity (Wildman–Crippen MR) is 74.9 cm³/mol. The smallest absolute Gasteiger partial charge is 0.325 e. The molecule has 0 bridgehead atoms. The van der Waals surface area contributed by atoms with Gasteiger partial charge in [0.15, 0.2) is 0 Å². The van der Waals surface area contributed by atoms with Crippen LogP contribution in [0.15, 0.2) is 24.3 Å². The van der Waals surface area contributed by atoms with Gasteiger partial charge in [0.2, 0.25) is 0 Å². The molecule has 1 aliphatic heterocycles. The van der Waals surface area contributed by atoms with Crippen LogP contribution in [-0.2, 0) is 4.79 Å². The van der Waals surface area contributed by atoms with Gasteiger partial charge in [-0.3, -0.25) is 9.69 Å². The molecule has 1 saturated heterocycles. The number of nitrogens with zero attached hydrogens (tertiary/aromatic N) is 1. The molecule has 5 heteroatoms. The number of rotatable bonds is 5. The van der Waals surface area contributed by atoms with Crippen LogP contribution in [0.1, 0.15) is 20.3 Å². The lowest BCUT2D eigenvalue weighted by molar-refractivity contribution is -0.135. The first-order valence-corrected chi connectivity index (χ1v) is 6.87. The Balaban J connectivity index is 1.82. The fraction of sp³-hybridized carbons (Fsp3) is 0.533. The van der Waals surface area contributed by atoms with Gasteiger partial charge >= 0.3 is 5.97 Å². The summed E-state index contributed by atoms with van der Waals surface area (Å²) in [5.74, 6) is 0.944. The summed E-state index contributed by atoms with van der Waals surface area (Å²) in [6, 6.07) is 6.96. The minimum Gasteiger partial charge on any atom is -0.494 e. The van der Waals surface area contributed by atoms with E-state index in [0.29, 0.717) is 31.9 Å². The van der Waals surface area contributed by atoms with E-state index in [1.807, 2.05) is 11.8 Å². The SMILES string of the molecule is CCOc1ccc(OC(=O)CN2CCC(C)(O)C2)cc1. The molecule has 0 radical (unpaired) electrons. The van der Waals surface area contributed by atoms with Gasteiger partial charge in [-0.05, 0) is 44.5 Å². The number of benzene rings is 1. The van der Waals surface area contributed by atoms with E-state index in [0.717, 1.165) is 5.75 Å². The second-order valence-electron chi connectivity index (χ2n) is 5.34. The Hall–Kier alpha value is -1.59. The van der Waals surface area contributed by atoms with Gasteiger partial charge in [-0.1, -0.05) is 0 Å². The Bertz CT molecular complexity index is 455. The summed E-state index contributed by atoms with van der Waals surface area (Å²) in [7, 11) is 0. The molecule has 0 amide bonds. The molecule has 1 atom stereocenters. The van der Waals surface area contributed by atoms with Crippen LogP contribution in [0.3, 0.4) is 0 Å². The maximum Gasteiger partial charge on any atom is 0.325 e. The number of hydrogen-bond donors (Lipinski definition) is 1. The number of esters is 1. The number of hydrogen-bond acceptors (Lipinski definition) is 5. The maximum absolute atomic E-state index is 11.8. The van der Waals surface area contributed by atoms with E-state index in [1.165, 1.54) is 0 Å². The lowest BCUT2D eigenvalue weighted by Gasteiger charge is -2.17. The van der Waals surface area contributed by atoms with Gasteiger partial charge in [-0.2, -0.15) is 0 Å². The first kappa shape index (κ1) is 14.8. The first-order valence-electron chi connectivity index (χ1n) is 6.87. The summed E-state index contributed by atoms with van der Waals surface area (Å²) in [6.07, 6.45) is 0.684. The number of likely N-dealkylation sites (tertiary alicyclic amines) is 1. The topological polar surface area (TPSA) is 59.0 Å². The van der Waals surface area contributed by atoms with E-state index in [2.05, 4.69) is 0 Å². The molecule has 1 N–H and O–H groups in total. The standard InChI is InChI=1S/C15H21NO4/c1-3-19-12-4-6-13(7-5-12)20-14(17)10-16-9-8-15(2,18)11-16/h4-7,18H,3,8-11H2,1-2H3. The Morgan fingerprint density at radius 3 is 2.55 bits per heavy atom. The maximum atomic E-state index is 11.8. The Labute approximate surface area is 119 Å². The number of β-amino-alcohol motifs (C(OH)–C–C–N with tert-alkyl or cyclic N) is 1. The van der Waals surface area contributed by atoms with Crippen molar-refractivity contribution in [3.63, 3.8) is 0 Å². The first-order chi connectivity index (χ1) is 9.48. The minimum atomic E-state index is -0.695. The van der Waals surface area contributed by atoms with E-state index >= 15 is 0 Å². The Morgan fingerprint density at radius 1 is 1.35 bits per heavy atom. The third-order valence-electron chi connectivity index (χ3n) is 3.25. The molecule has 2 rings (SSSR count). The minimum absolute atomic E-state index is 0.198. The lowest BCUT2D eigenvalue weighted by Crippen LogP contribution is -2.34. The highest BCUT2D eigenvalue weighted by Crippen LogP contribution is 2.21.